The summed E-state index contributed by atoms with van der Waals surface area (Å²) in [6.07, 6.45) is 2.56. The molecular formula is C18H24ClN5O3S. The number of aromatic nitrogens is 3. The summed E-state index contributed by atoms with van der Waals surface area (Å²) in [5, 5.41) is 10.2. The van der Waals surface area contributed by atoms with Gasteiger partial charge in [0.15, 0.2) is 16.1 Å². The van der Waals surface area contributed by atoms with E-state index in [1.165, 1.54) is 11.3 Å². The van der Waals surface area contributed by atoms with E-state index in [-0.39, 0.29) is 22.7 Å². The van der Waals surface area contributed by atoms with E-state index in [1.54, 1.807) is 6.92 Å². The van der Waals surface area contributed by atoms with Crippen molar-refractivity contribution in [3.63, 3.8) is 0 Å². The molecule has 0 atom stereocenters. The number of unbranched alkanes of at least 4 members (excludes halogenated alkanes) is 1. The van der Waals surface area contributed by atoms with Gasteiger partial charge in [0.2, 0.25) is 0 Å². The SMILES string of the molecule is CCCCN(C(=O)c1nc(Cl)c(CC)[nH]1)C1CN(c2nc(C)c(C(=O)O)s2)C1. The van der Waals surface area contributed by atoms with Gasteiger partial charge in [-0.3, -0.25) is 4.79 Å². The molecular weight excluding hydrogens is 402 g/mol. The molecule has 152 valence electrons. The number of anilines is 1. The van der Waals surface area contributed by atoms with Gasteiger partial charge in [0.05, 0.1) is 17.4 Å². The molecule has 3 rings (SSSR count). The van der Waals surface area contributed by atoms with Crippen LogP contribution in [0.4, 0.5) is 5.13 Å². The molecule has 1 amide bonds. The molecule has 2 N–H and O–H groups in total. The van der Waals surface area contributed by atoms with Gasteiger partial charge < -0.3 is 19.9 Å². The number of nitrogens with zero attached hydrogens (tertiary/aromatic N) is 4. The van der Waals surface area contributed by atoms with Crippen LogP contribution in [0.1, 0.15) is 58.4 Å². The molecule has 0 radical (unpaired) electrons. The number of H-pyrrole nitrogens is 1. The number of imidazole rings is 1. The third-order valence-corrected chi connectivity index (χ3v) is 6.37. The Labute approximate surface area is 172 Å². The van der Waals surface area contributed by atoms with Crippen LogP contribution in [0.2, 0.25) is 5.15 Å². The molecule has 0 bridgehead atoms. The fourth-order valence-electron chi connectivity index (χ4n) is 3.16. The highest BCUT2D eigenvalue weighted by molar-refractivity contribution is 7.17. The molecule has 3 heterocycles. The van der Waals surface area contributed by atoms with Crippen molar-refractivity contribution in [1.82, 2.24) is 19.9 Å². The number of hydrogen-bond donors (Lipinski definition) is 2. The summed E-state index contributed by atoms with van der Waals surface area (Å²) in [4.78, 5) is 40.0. The maximum Gasteiger partial charge on any atom is 0.347 e. The van der Waals surface area contributed by atoms with Crippen LogP contribution in [0.5, 0.6) is 0 Å². The Bertz CT molecular complexity index is 875. The predicted octanol–water partition coefficient (Wildman–Crippen LogP) is 3.22. The fourth-order valence-corrected chi connectivity index (χ4v) is 4.35. The Morgan fingerprint density at radius 3 is 2.61 bits per heavy atom. The van der Waals surface area contributed by atoms with Crippen LogP contribution in [0.25, 0.3) is 0 Å². The number of carbonyl (C=O) groups excluding carboxylic acids is 1. The van der Waals surface area contributed by atoms with Crippen LogP contribution in [0.3, 0.4) is 0 Å². The second-order valence-electron chi connectivity index (χ2n) is 6.84. The summed E-state index contributed by atoms with van der Waals surface area (Å²) in [5.74, 6) is -0.838. The smallest absolute Gasteiger partial charge is 0.347 e. The van der Waals surface area contributed by atoms with Gasteiger partial charge in [-0.25, -0.2) is 14.8 Å². The number of aryl methyl sites for hydroxylation is 2. The first-order chi connectivity index (χ1) is 13.3. The standard InChI is InChI=1S/C18H24ClN5O3S/c1-4-6-7-24(16(25)15-21-12(5-2)14(19)22-15)11-8-23(9-11)18-20-10(3)13(28-18)17(26)27/h11H,4-9H2,1-3H3,(H,21,22)(H,26,27). The summed E-state index contributed by atoms with van der Waals surface area (Å²) in [7, 11) is 0. The second-order valence-corrected chi connectivity index (χ2v) is 8.17. The van der Waals surface area contributed by atoms with Gasteiger partial charge >= 0.3 is 5.97 Å². The van der Waals surface area contributed by atoms with Gasteiger partial charge in [-0.1, -0.05) is 43.2 Å². The zero-order valence-corrected chi connectivity index (χ0v) is 17.7. The van der Waals surface area contributed by atoms with Crippen LogP contribution >= 0.6 is 22.9 Å². The number of aromatic amines is 1. The summed E-state index contributed by atoms with van der Waals surface area (Å²) in [6, 6.07) is 0.0329. The second kappa shape index (κ2) is 8.48. The number of aromatic carboxylic acids is 1. The Balaban J connectivity index is 1.72. The van der Waals surface area contributed by atoms with Crippen LogP contribution in [-0.2, 0) is 6.42 Å². The third-order valence-electron chi connectivity index (χ3n) is 4.85. The van der Waals surface area contributed by atoms with Crippen LogP contribution in [0.15, 0.2) is 0 Å². The first-order valence-corrected chi connectivity index (χ1v) is 10.6. The lowest BCUT2D eigenvalue weighted by molar-refractivity contribution is 0.0629. The maximum absolute atomic E-state index is 13.0. The highest BCUT2D eigenvalue weighted by atomic mass is 35.5. The van der Waals surface area contributed by atoms with E-state index in [2.05, 4.69) is 21.9 Å². The lowest BCUT2D eigenvalue weighted by Crippen LogP contribution is -2.61. The van der Waals surface area contributed by atoms with E-state index in [4.69, 9.17) is 11.6 Å². The molecule has 2 aromatic rings. The van der Waals surface area contributed by atoms with Crippen molar-refractivity contribution in [2.75, 3.05) is 24.5 Å². The Kier molecular flexibility index (Phi) is 6.24. The minimum Gasteiger partial charge on any atom is -0.477 e. The normalized spacial score (nSPS) is 14.2. The van der Waals surface area contributed by atoms with Crippen LogP contribution in [-0.4, -0.2) is 62.5 Å². The highest BCUT2D eigenvalue weighted by Crippen LogP contribution is 2.31. The number of amides is 1. The van der Waals surface area contributed by atoms with Gasteiger partial charge in [0, 0.05) is 19.6 Å². The first-order valence-electron chi connectivity index (χ1n) is 9.36. The molecule has 10 heteroatoms. The topological polar surface area (TPSA) is 102 Å². The number of rotatable bonds is 8. The van der Waals surface area contributed by atoms with Gasteiger partial charge in [-0.05, 0) is 19.8 Å². The zero-order chi connectivity index (χ0) is 20.4. The molecule has 0 unspecified atom stereocenters. The predicted molar refractivity (Wildman–Crippen MR) is 109 cm³/mol. The summed E-state index contributed by atoms with van der Waals surface area (Å²) in [5.41, 5.74) is 1.28. The van der Waals surface area contributed by atoms with Crippen molar-refractivity contribution in [1.29, 1.82) is 0 Å². The molecule has 0 aromatic carbocycles. The van der Waals surface area contributed by atoms with E-state index in [0.717, 1.165) is 18.5 Å². The van der Waals surface area contributed by atoms with E-state index in [0.29, 0.717) is 42.0 Å². The van der Waals surface area contributed by atoms with E-state index in [9.17, 15) is 14.7 Å². The third kappa shape index (κ3) is 4.00. The Morgan fingerprint density at radius 1 is 1.36 bits per heavy atom. The first kappa shape index (κ1) is 20.6. The highest BCUT2D eigenvalue weighted by Gasteiger charge is 2.37. The lowest BCUT2D eigenvalue weighted by atomic mass is 10.1. The number of hydrogen-bond acceptors (Lipinski definition) is 6. The molecule has 28 heavy (non-hydrogen) atoms. The molecule has 0 spiro atoms. The quantitative estimate of drug-likeness (QED) is 0.673. The zero-order valence-electron chi connectivity index (χ0n) is 16.2. The fraction of sp³-hybridized carbons (Fsp3) is 0.556. The average molecular weight is 426 g/mol. The van der Waals surface area contributed by atoms with Crippen molar-refractivity contribution >= 4 is 39.9 Å². The number of carboxylic acids is 1. The Hall–Kier alpha value is -2.13. The molecule has 2 aromatic heterocycles. The largest absolute Gasteiger partial charge is 0.477 e. The number of carboxylic acid groups (broad SMARTS) is 1. The molecule has 8 nitrogen and oxygen atoms in total. The van der Waals surface area contributed by atoms with Crippen LogP contribution < -0.4 is 4.90 Å². The van der Waals surface area contributed by atoms with Crippen LogP contribution in [0, 0.1) is 6.92 Å². The summed E-state index contributed by atoms with van der Waals surface area (Å²) < 4.78 is 0. The summed E-state index contributed by atoms with van der Waals surface area (Å²) in [6.45, 7) is 7.62. The number of carbonyl (C=O) groups is 2. The van der Waals surface area contributed by atoms with Gasteiger partial charge in [-0.2, -0.15) is 0 Å². The van der Waals surface area contributed by atoms with Gasteiger partial charge in [0.1, 0.15) is 4.88 Å². The van der Waals surface area contributed by atoms with Crippen molar-refractivity contribution in [3.8, 4) is 0 Å². The lowest BCUT2D eigenvalue weighted by Gasteiger charge is -2.45. The minimum atomic E-state index is -0.959. The molecule has 0 saturated carbocycles. The molecule has 0 aliphatic carbocycles. The van der Waals surface area contributed by atoms with Crippen molar-refractivity contribution in [3.05, 3.63) is 27.2 Å². The van der Waals surface area contributed by atoms with Gasteiger partial charge in [0.25, 0.3) is 5.91 Å². The molecule has 1 aliphatic rings. The molecule has 1 fully saturated rings. The summed E-state index contributed by atoms with van der Waals surface area (Å²) >= 11 is 7.27. The Morgan fingerprint density at radius 2 is 2.07 bits per heavy atom. The number of nitrogens with one attached hydrogen (secondary N) is 1. The van der Waals surface area contributed by atoms with Crippen molar-refractivity contribution < 1.29 is 14.7 Å². The van der Waals surface area contributed by atoms with E-state index >= 15 is 0 Å². The van der Waals surface area contributed by atoms with E-state index in [1.807, 2.05) is 16.7 Å². The maximum atomic E-state index is 13.0. The number of halogens is 1. The molecule has 1 aliphatic heterocycles. The van der Waals surface area contributed by atoms with Gasteiger partial charge in [-0.15, -0.1) is 0 Å². The van der Waals surface area contributed by atoms with Crippen molar-refractivity contribution in [2.45, 2.75) is 46.1 Å². The minimum absolute atomic E-state index is 0.0329. The van der Waals surface area contributed by atoms with Crippen molar-refractivity contribution in [2.24, 2.45) is 0 Å². The average Bonchev–Trinajstić information content (AvgIpc) is 3.18. The molecule has 1 saturated heterocycles. The van der Waals surface area contributed by atoms with E-state index < -0.39 is 5.97 Å². The number of thiazole rings is 1. The monoisotopic (exact) mass is 425 g/mol.